The first kappa shape index (κ1) is 18.3. The number of nitrogens with two attached hydrogens (primary N) is 1. The number of amides is 1. The van der Waals surface area contributed by atoms with Gasteiger partial charge in [-0.15, -0.1) is 0 Å². The van der Waals surface area contributed by atoms with E-state index in [4.69, 9.17) is 15.9 Å². The lowest BCUT2D eigenvalue weighted by molar-refractivity contribution is -0.139. The number of carboxylic acids is 2. The van der Waals surface area contributed by atoms with Gasteiger partial charge in [0.2, 0.25) is 5.91 Å². The van der Waals surface area contributed by atoms with Gasteiger partial charge in [0.25, 0.3) is 0 Å². The van der Waals surface area contributed by atoms with E-state index in [1.807, 2.05) is 0 Å². The molecule has 9 heteroatoms. The number of nitrogens with one attached hydrogen (secondary N) is 1. The fourth-order valence-electron chi connectivity index (χ4n) is 1.15. The van der Waals surface area contributed by atoms with Crippen LogP contribution in [0.2, 0.25) is 0 Å². The maximum absolute atomic E-state index is 11.5. The highest BCUT2D eigenvalue weighted by atomic mass is 32.2. The number of carbonyl (C=O) groups is 3. The van der Waals surface area contributed by atoms with Crippen LogP contribution in [0.4, 0.5) is 0 Å². The largest absolute Gasteiger partial charge is 0.480 e. The Morgan fingerprint density at radius 1 is 1.35 bits per heavy atom. The van der Waals surface area contributed by atoms with Crippen molar-refractivity contribution in [3.63, 3.8) is 0 Å². The van der Waals surface area contributed by atoms with Crippen LogP contribution >= 0.6 is 0 Å². The number of aliphatic carboxylic acids is 2. The smallest absolute Gasteiger partial charge is 0.353 e. The van der Waals surface area contributed by atoms with Crippen molar-refractivity contribution < 1.29 is 28.8 Å². The summed E-state index contributed by atoms with van der Waals surface area (Å²) in [4.78, 5) is 32.8. The zero-order valence-electron chi connectivity index (χ0n) is 11.0. The highest BCUT2D eigenvalue weighted by Gasteiger charge is 2.16. The summed E-state index contributed by atoms with van der Waals surface area (Å²) >= 11 is 0. The molecule has 0 rings (SSSR count). The van der Waals surface area contributed by atoms with Crippen LogP contribution in [0, 0.1) is 0 Å². The van der Waals surface area contributed by atoms with Crippen molar-refractivity contribution in [2.45, 2.75) is 32.2 Å². The summed E-state index contributed by atoms with van der Waals surface area (Å²) in [5, 5.41) is 20.4. The van der Waals surface area contributed by atoms with Crippen LogP contribution in [-0.2, 0) is 25.2 Å². The Kier molecular flexibility index (Phi) is 8.41. The Hall–Kier alpha value is -1.74. The second-order valence-electron chi connectivity index (χ2n) is 3.95. The first-order valence-electron chi connectivity index (χ1n) is 5.88. The first-order chi connectivity index (χ1) is 9.27. The molecule has 1 amide bonds. The summed E-state index contributed by atoms with van der Waals surface area (Å²) in [5.41, 5.74) is 4.74. The molecule has 0 saturated carbocycles. The minimum absolute atomic E-state index is 0.119. The molecule has 1 unspecified atom stereocenters. The average molecular weight is 306 g/mol. The van der Waals surface area contributed by atoms with Crippen molar-refractivity contribution in [1.82, 2.24) is 5.32 Å². The van der Waals surface area contributed by atoms with Crippen LogP contribution in [-0.4, -0.2) is 44.1 Å². The lowest BCUT2D eigenvalue weighted by Crippen LogP contribution is -2.33. The van der Waals surface area contributed by atoms with E-state index in [0.29, 0.717) is 6.42 Å². The van der Waals surface area contributed by atoms with E-state index in [0.717, 1.165) is 5.41 Å². The minimum atomic E-state index is -1.48. The molecule has 0 bridgehead atoms. The van der Waals surface area contributed by atoms with Crippen LogP contribution in [0.3, 0.4) is 0 Å². The zero-order chi connectivity index (χ0) is 15.7. The van der Waals surface area contributed by atoms with E-state index in [1.54, 1.807) is 6.92 Å². The van der Waals surface area contributed by atoms with E-state index in [-0.39, 0.29) is 18.6 Å². The number of carbonyl (C=O) groups excluding carboxylic acids is 1. The molecule has 0 aromatic carbocycles. The third-order valence-electron chi connectivity index (χ3n) is 2.16. The van der Waals surface area contributed by atoms with E-state index >= 15 is 0 Å². The fraction of sp³-hybridized carbons (Fsp3) is 0.545. The second-order valence-corrected chi connectivity index (χ2v) is 5.36. The maximum atomic E-state index is 11.5. The number of carboxylic acid groups (broad SMARTS) is 2. The fourth-order valence-corrected chi connectivity index (χ4v) is 2.09. The summed E-state index contributed by atoms with van der Waals surface area (Å²) in [5.74, 6) is -3.05. The van der Waals surface area contributed by atoms with Gasteiger partial charge in [-0.25, -0.2) is 4.79 Å². The molecule has 0 aliphatic carbocycles. The highest BCUT2D eigenvalue weighted by Crippen LogP contribution is 2.00. The minimum Gasteiger partial charge on any atom is -0.480 e. The molecule has 0 saturated heterocycles. The standard InChI is InChI=1S/C11H18N2O6S/c1-2-5-20(19)6-8(11(17)18)13-9(14)4-3-7(12)10(15)16/h6-7H,2-5,12H2,1H3,(H,13,14)(H,15,16)(H,17,18)/t7-,20?/m0/s1. The van der Waals surface area contributed by atoms with Crippen molar-refractivity contribution in [2.24, 2.45) is 5.73 Å². The lowest BCUT2D eigenvalue weighted by atomic mass is 10.1. The van der Waals surface area contributed by atoms with E-state index in [1.165, 1.54) is 0 Å². The van der Waals surface area contributed by atoms with Gasteiger partial charge in [0.05, 0.1) is 0 Å². The Labute approximate surface area is 118 Å². The highest BCUT2D eigenvalue weighted by molar-refractivity contribution is 7.88. The van der Waals surface area contributed by atoms with Crippen LogP contribution in [0.25, 0.3) is 0 Å². The topological polar surface area (TPSA) is 147 Å². The average Bonchev–Trinajstić information content (AvgIpc) is 2.35. The van der Waals surface area contributed by atoms with Gasteiger partial charge in [-0.3, -0.25) is 13.8 Å². The Morgan fingerprint density at radius 3 is 2.40 bits per heavy atom. The Bertz CT molecular complexity index is 435. The molecule has 5 N–H and O–H groups in total. The van der Waals surface area contributed by atoms with E-state index in [2.05, 4.69) is 5.32 Å². The number of rotatable bonds is 9. The Balaban J connectivity index is 4.53. The third kappa shape index (κ3) is 7.64. The van der Waals surface area contributed by atoms with E-state index in [9.17, 15) is 18.6 Å². The Morgan fingerprint density at radius 2 is 1.95 bits per heavy atom. The first-order valence-corrected chi connectivity index (χ1v) is 7.26. The normalized spacial score (nSPS) is 14.4. The molecule has 0 aliphatic rings. The summed E-state index contributed by atoms with van der Waals surface area (Å²) in [7, 11) is -1.48. The van der Waals surface area contributed by atoms with Gasteiger partial charge < -0.3 is 21.3 Å². The molecule has 8 nitrogen and oxygen atoms in total. The molecule has 0 aliphatic heterocycles. The van der Waals surface area contributed by atoms with Crippen molar-refractivity contribution >= 4 is 28.6 Å². The van der Waals surface area contributed by atoms with Gasteiger partial charge in [-0.05, 0) is 12.8 Å². The van der Waals surface area contributed by atoms with Gasteiger partial charge in [-0.1, -0.05) is 6.92 Å². The van der Waals surface area contributed by atoms with Gasteiger partial charge in [0.1, 0.15) is 11.7 Å². The molecule has 0 fully saturated rings. The van der Waals surface area contributed by atoms with Crippen molar-refractivity contribution in [2.75, 3.05) is 5.75 Å². The number of hydrogen-bond acceptors (Lipinski definition) is 5. The molecule has 2 atom stereocenters. The molecule has 114 valence electrons. The van der Waals surface area contributed by atoms with Crippen LogP contribution in [0.15, 0.2) is 11.1 Å². The summed E-state index contributed by atoms with van der Waals surface area (Å²) in [6, 6.07) is -1.19. The summed E-state index contributed by atoms with van der Waals surface area (Å²) in [6.45, 7) is 1.79. The number of hydrogen-bond donors (Lipinski definition) is 4. The molecule has 0 radical (unpaired) electrons. The van der Waals surface area contributed by atoms with Crippen LogP contribution in [0.5, 0.6) is 0 Å². The summed E-state index contributed by atoms with van der Waals surface area (Å²) in [6.07, 6.45) is 0.252. The van der Waals surface area contributed by atoms with Gasteiger partial charge in [-0.2, -0.15) is 0 Å². The van der Waals surface area contributed by atoms with Crippen molar-refractivity contribution in [3.8, 4) is 0 Å². The molecule has 20 heavy (non-hydrogen) atoms. The molecular formula is C11H18N2O6S. The van der Waals surface area contributed by atoms with Gasteiger partial charge >= 0.3 is 11.9 Å². The molecular weight excluding hydrogens is 288 g/mol. The monoisotopic (exact) mass is 306 g/mol. The van der Waals surface area contributed by atoms with E-state index < -0.39 is 40.4 Å². The quantitative estimate of drug-likeness (QED) is 0.415. The van der Waals surface area contributed by atoms with Gasteiger partial charge in [0.15, 0.2) is 0 Å². The molecule has 0 aromatic rings. The van der Waals surface area contributed by atoms with Crippen LogP contribution in [0.1, 0.15) is 26.2 Å². The van der Waals surface area contributed by atoms with Gasteiger partial charge in [0, 0.05) is 28.4 Å². The van der Waals surface area contributed by atoms with Crippen molar-refractivity contribution in [1.29, 1.82) is 0 Å². The maximum Gasteiger partial charge on any atom is 0.353 e. The zero-order valence-corrected chi connectivity index (χ0v) is 11.8. The molecule has 0 aromatic heterocycles. The molecule has 0 spiro atoms. The third-order valence-corrected chi connectivity index (χ3v) is 3.47. The second kappa shape index (κ2) is 9.21. The van der Waals surface area contributed by atoms with Crippen LogP contribution < -0.4 is 11.1 Å². The predicted octanol–water partition coefficient (Wildman–Crippen LogP) is -0.621. The lowest BCUT2D eigenvalue weighted by Gasteiger charge is -2.08. The molecule has 0 heterocycles. The SMILES string of the molecule is CCCS(=O)C=C(NC(=O)CC[C@H](N)C(=O)O)C(=O)O. The summed E-state index contributed by atoms with van der Waals surface area (Å²) < 4.78 is 11.4. The van der Waals surface area contributed by atoms with Crippen molar-refractivity contribution in [3.05, 3.63) is 11.1 Å². The predicted molar refractivity (Wildman–Crippen MR) is 72.0 cm³/mol.